The third kappa shape index (κ3) is 5.65. The molecule has 6 rings (SSSR count). The van der Waals surface area contributed by atoms with Crippen LogP contribution in [-0.4, -0.2) is 42.4 Å². The van der Waals surface area contributed by atoms with Crippen molar-refractivity contribution in [1.29, 1.82) is 0 Å². The van der Waals surface area contributed by atoms with E-state index in [0.717, 1.165) is 33.0 Å². The predicted octanol–water partition coefficient (Wildman–Crippen LogP) is 6.59. The van der Waals surface area contributed by atoms with E-state index in [-0.39, 0.29) is 11.7 Å². The lowest BCUT2D eigenvalue weighted by Gasteiger charge is -2.15. The van der Waals surface area contributed by atoms with Crippen molar-refractivity contribution in [2.45, 2.75) is 6.61 Å². The fourth-order valence-electron chi connectivity index (χ4n) is 4.64. The molecular weight excluding hydrogens is 624 g/mol. The van der Waals surface area contributed by atoms with Crippen molar-refractivity contribution in [1.82, 2.24) is 4.90 Å². The third-order valence-corrected chi connectivity index (χ3v) is 8.13. The fourth-order valence-corrected chi connectivity index (χ4v) is 6.05. The van der Waals surface area contributed by atoms with Crippen LogP contribution in [0, 0.1) is 0 Å². The smallest absolute Gasteiger partial charge is 0.294 e. The Kier molecular flexibility index (Phi) is 7.77. The molecule has 4 aromatic rings. The van der Waals surface area contributed by atoms with E-state index in [1.165, 1.54) is 7.11 Å². The normalized spacial score (nSPS) is 15.0. The topological polar surface area (TPSA) is 103 Å². The van der Waals surface area contributed by atoms with Crippen LogP contribution in [0.15, 0.2) is 82.2 Å². The van der Waals surface area contributed by atoms with Gasteiger partial charge in [-0.15, -0.1) is 0 Å². The van der Waals surface area contributed by atoms with Crippen molar-refractivity contribution in [3.63, 3.8) is 0 Å². The van der Waals surface area contributed by atoms with Crippen LogP contribution < -0.4 is 24.3 Å². The maximum atomic E-state index is 13.1. The number of carbonyl (C=O) groups excluding carboxylic acids is 3. The van der Waals surface area contributed by atoms with E-state index in [2.05, 4.69) is 39.4 Å². The highest BCUT2D eigenvalue weighted by Gasteiger charge is 2.36. The first-order valence-corrected chi connectivity index (χ1v) is 14.4. The lowest BCUT2D eigenvalue weighted by atomic mass is 10.1. The zero-order valence-corrected chi connectivity index (χ0v) is 24.6. The predicted molar refractivity (Wildman–Crippen MR) is 163 cm³/mol. The first-order chi connectivity index (χ1) is 20.4. The van der Waals surface area contributed by atoms with Crippen LogP contribution in [0.5, 0.6) is 23.0 Å². The van der Waals surface area contributed by atoms with Gasteiger partial charge >= 0.3 is 0 Å². The molecule has 0 aliphatic carbocycles. The Morgan fingerprint density at radius 1 is 1.05 bits per heavy atom. The van der Waals surface area contributed by atoms with Gasteiger partial charge in [0.25, 0.3) is 11.1 Å². The lowest BCUT2D eigenvalue weighted by molar-refractivity contribution is -0.127. The molecule has 1 N–H and O–H groups in total. The Labute approximate surface area is 253 Å². The summed E-state index contributed by atoms with van der Waals surface area (Å²) in [6.07, 6.45) is 1.59. The number of imide groups is 1. The maximum Gasteiger partial charge on any atom is 0.294 e. The van der Waals surface area contributed by atoms with Crippen LogP contribution in [0.2, 0.25) is 0 Å². The molecule has 1 fully saturated rings. The number of thioether (sulfide) groups is 1. The number of nitrogens with one attached hydrogen (secondary N) is 1. The first-order valence-electron chi connectivity index (χ1n) is 12.8. The molecule has 0 atom stereocenters. The first kappa shape index (κ1) is 27.7. The minimum atomic E-state index is -0.558. The van der Waals surface area contributed by atoms with E-state index >= 15 is 0 Å². The number of carbonyl (C=O) groups is 3. The van der Waals surface area contributed by atoms with Crippen molar-refractivity contribution in [2.24, 2.45) is 0 Å². The molecule has 11 heteroatoms. The minimum Gasteiger partial charge on any atom is -0.493 e. The molecule has 2 heterocycles. The van der Waals surface area contributed by atoms with Gasteiger partial charge in [0.15, 0.2) is 23.0 Å². The van der Waals surface area contributed by atoms with E-state index in [0.29, 0.717) is 45.3 Å². The summed E-state index contributed by atoms with van der Waals surface area (Å²) in [5.74, 6) is 0.978. The van der Waals surface area contributed by atoms with Crippen LogP contribution in [0.4, 0.5) is 10.5 Å². The van der Waals surface area contributed by atoms with E-state index in [1.54, 1.807) is 36.4 Å². The van der Waals surface area contributed by atoms with Crippen molar-refractivity contribution in [3.05, 3.63) is 93.3 Å². The molecule has 9 nitrogen and oxygen atoms in total. The fraction of sp³-hybridized carbons (Fsp3) is 0.129. The van der Waals surface area contributed by atoms with Crippen LogP contribution in [0.1, 0.15) is 11.1 Å². The molecular formula is C31H23BrN2O7S. The number of rotatable bonds is 8. The van der Waals surface area contributed by atoms with Gasteiger partial charge in [0.1, 0.15) is 13.2 Å². The van der Waals surface area contributed by atoms with E-state index in [4.69, 9.17) is 18.9 Å². The standard InChI is InChI=1S/C31H23BrN2O7S/c1-38-26-12-18(11-23(32)29(26)39-16-20-7-4-6-19-5-2-3-8-22(19)20)13-27-30(36)34(31(37)42-27)15-28(35)33-21-9-10-24-25(14-21)41-17-40-24/h2-14H,15-17H2,1H3,(H,33,35)/b27-13+. The molecule has 0 unspecified atom stereocenters. The highest BCUT2D eigenvalue weighted by molar-refractivity contribution is 9.10. The van der Waals surface area contributed by atoms with Gasteiger partial charge in [-0.25, -0.2) is 0 Å². The molecule has 42 heavy (non-hydrogen) atoms. The summed E-state index contributed by atoms with van der Waals surface area (Å²) in [6.45, 7) is 0.00639. The number of hydrogen-bond donors (Lipinski definition) is 1. The molecule has 1 saturated heterocycles. The molecule has 4 aromatic carbocycles. The summed E-state index contributed by atoms with van der Waals surface area (Å²) in [6, 6.07) is 22.6. The van der Waals surface area contributed by atoms with E-state index < -0.39 is 23.6 Å². The van der Waals surface area contributed by atoms with Crippen LogP contribution >= 0.6 is 27.7 Å². The van der Waals surface area contributed by atoms with Gasteiger partial charge in [-0.05, 0) is 79.9 Å². The van der Waals surface area contributed by atoms with Crippen LogP contribution in [0.25, 0.3) is 16.8 Å². The van der Waals surface area contributed by atoms with E-state index in [9.17, 15) is 14.4 Å². The second-order valence-corrected chi connectivity index (χ2v) is 11.2. The highest BCUT2D eigenvalue weighted by Crippen LogP contribution is 2.40. The van der Waals surface area contributed by atoms with Crippen molar-refractivity contribution >= 4 is 67.3 Å². The molecule has 2 aliphatic heterocycles. The number of fused-ring (bicyclic) bond motifs is 2. The lowest BCUT2D eigenvalue weighted by Crippen LogP contribution is -2.36. The summed E-state index contributed by atoms with van der Waals surface area (Å²) in [4.78, 5) is 39.4. The molecule has 212 valence electrons. The van der Waals surface area contributed by atoms with Gasteiger partial charge in [-0.2, -0.15) is 0 Å². The van der Waals surface area contributed by atoms with Gasteiger partial charge in [-0.3, -0.25) is 19.3 Å². The summed E-state index contributed by atoms with van der Waals surface area (Å²) < 4.78 is 23.0. The van der Waals surface area contributed by atoms with Crippen molar-refractivity contribution in [2.75, 3.05) is 25.8 Å². The van der Waals surface area contributed by atoms with Gasteiger partial charge in [0.2, 0.25) is 12.7 Å². The number of nitrogens with zero attached hydrogens (tertiary/aromatic N) is 1. The monoisotopic (exact) mass is 646 g/mol. The zero-order valence-electron chi connectivity index (χ0n) is 22.2. The largest absolute Gasteiger partial charge is 0.493 e. The number of methoxy groups -OCH3 is 1. The zero-order chi connectivity index (χ0) is 29.2. The van der Waals surface area contributed by atoms with E-state index in [1.807, 2.05) is 24.3 Å². The molecule has 0 saturated carbocycles. The molecule has 2 aliphatic rings. The average molecular weight is 648 g/mol. The molecule has 0 spiro atoms. The Morgan fingerprint density at radius 3 is 2.71 bits per heavy atom. The third-order valence-electron chi connectivity index (χ3n) is 6.63. The second kappa shape index (κ2) is 11.8. The average Bonchev–Trinajstić information content (AvgIpc) is 3.56. The SMILES string of the molecule is COc1cc(/C=C2/SC(=O)N(CC(=O)Nc3ccc4c(c3)OCO4)C2=O)cc(Br)c1OCc1cccc2ccccc12. The summed E-state index contributed by atoms with van der Waals surface area (Å²) >= 11 is 4.33. The Hall–Kier alpha value is -4.48. The molecule has 0 bridgehead atoms. The van der Waals surface area contributed by atoms with Gasteiger partial charge in [0, 0.05) is 11.8 Å². The quantitative estimate of drug-likeness (QED) is 0.214. The Balaban J connectivity index is 1.15. The Bertz CT molecular complexity index is 1770. The van der Waals surface area contributed by atoms with Crippen molar-refractivity contribution < 1.29 is 33.3 Å². The summed E-state index contributed by atoms with van der Waals surface area (Å²) in [7, 11) is 1.53. The molecule has 0 aromatic heterocycles. The number of benzene rings is 4. The van der Waals surface area contributed by atoms with Gasteiger partial charge in [0.05, 0.1) is 16.5 Å². The Morgan fingerprint density at radius 2 is 1.86 bits per heavy atom. The maximum absolute atomic E-state index is 13.1. The number of halogens is 1. The highest BCUT2D eigenvalue weighted by atomic mass is 79.9. The number of ether oxygens (including phenoxy) is 4. The summed E-state index contributed by atoms with van der Waals surface area (Å²) in [5.41, 5.74) is 2.11. The summed E-state index contributed by atoms with van der Waals surface area (Å²) in [5, 5.41) is 4.37. The second-order valence-electron chi connectivity index (χ2n) is 9.35. The molecule has 3 amide bonds. The minimum absolute atomic E-state index is 0.110. The van der Waals surface area contributed by atoms with Crippen LogP contribution in [-0.2, 0) is 16.2 Å². The molecule has 0 radical (unpaired) electrons. The van der Waals surface area contributed by atoms with Crippen molar-refractivity contribution in [3.8, 4) is 23.0 Å². The number of amides is 3. The van der Waals surface area contributed by atoms with Gasteiger partial charge < -0.3 is 24.3 Å². The number of anilines is 1. The van der Waals surface area contributed by atoms with Crippen LogP contribution in [0.3, 0.4) is 0 Å². The van der Waals surface area contributed by atoms with Gasteiger partial charge in [-0.1, -0.05) is 42.5 Å². The number of hydrogen-bond acceptors (Lipinski definition) is 8.